The Morgan fingerprint density at radius 3 is 2.48 bits per heavy atom. The summed E-state index contributed by atoms with van der Waals surface area (Å²) in [6.45, 7) is 2.82. The van der Waals surface area contributed by atoms with Gasteiger partial charge in [0.2, 0.25) is 0 Å². The summed E-state index contributed by atoms with van der Waals surface area (Å²) in [5, 5.41) is 0. The molecule has 0 bridgehead atoms. The highest BCUT2D eigenvalue weighted by molar-refractivity contribution is 14.1. The fourth-order valence-electron chi connectivity index (χ4n) is 2.37. The molecule has 2 aromatic rings. The first-order valence-electron chi connectivity index (χ1n) is 8.80. The van der Waals surface area contributed by atoms with Gasteiger partial charge >= 0.3 is 0 Å². The molecule has 2 aromatic carbocycles. The number of carbonyl (C=O) groups is 2. The van der Waals surface area contributed by atoms with E-state index in [4.69, 9.17) is 4.74 Å². The van der Waals surface area contributed by atoms with Crippen LogP contribution in [-0.2, 0) is 0 Å². The van der Waals surface area contributed by atoms with E-state index in [-0.39, 0.29) is 5.91 Å². The summed E-state index contributed by atoms with van der Waals surface area (Å²) < 4.78 is 7.25. The van der Waals surface area contributed by atoms with E-state index in [1.54, 1.807) is 30.3 Å². The van der Waals surface area contributed by atoms with Crippen molar-refractivity contribution in [2.75, 3.05) is 6.61 Å². The second kappa shape index (κ2) is 11.3. The first kappa shape index (κ1) is 21.7. The largest absolute Gasteiger partial charge is 0.492 e. The molecule has 27 heavy (non-hydrogen) atoms. The molecule has 0 aromatic heterocycles. The van der Waals surface area contributed by atoms with Crippen molar-refractivity contribution >= 4 is 50.3 Å². The Kier molecular flexibility index (Phi) is 9.06. The van der Waals surface area contributed by atoms with Gasteiger partial charge in [0.1, 0.15) is 5.75 Å². The van der Waals surface area contributed by atoms with E-state index in [0.717, 1.165) is 16.4 Å². The quantitative estimate of drug-likeness (QED) is 0.276. The number of carbonyl (C=O) groups excluding carboxylic acids is 2. The zero-order valence-electron chi connectivity index (χ0n) is 15.1. The van der Waals surface area contributed by atoms with Crippen molar-refractivity contribution in [3.8, 4) is 5.75 Å². The molecule has 7 heteroatoms. The molecule has 0 atom stereocenters. The van der Waals surface area contributed by atoms with Crippen LogP contribution in [0.25, 0.3) is 0 Å². The number of halogens is 2. The lowest BCUT2D eigenvalue weighted by Gasteiger charge is -2.11. The van der Waals surface area contributed by atoms with E-state index in [1.165, 1.54) is 12.8 Å². The molecule has 5 nitrogen and oxygen atoms in total. The number of rotatable bonds is 8. The van der Waals surface area contributed by atoms with Crippen LogP contribution >= 0.6 is 38.5 Å². The third kappa shape index (κ3) is 6.80. The molecule has 0 unspecified atom stereocenters. The summed E-state index contributed by atoms with van der Waals surface area (Å²) >= 11 is 5.51. The Morgan fingerprint density at radius 1 is 1.04 bits per heavy atom. The highest BCUT2D eigenvalue weighted by Gasteiger charge is 2.13. The highest BCUT2D eigenvalue weighted by atomic mass is 127. The molecule has 2 rings (SSSR count). The van der Waals surface area contributed by atoms with Gasteiger partial charge in [-0.25, -0.2) is 0 Å². The fourth-order valence-corrected chi connectivity index (χ4v) is 3.49. The number of benzene rings is 2. The van der Waals surface area contributed by atoms with Gasteiger partial charge in [-0.05, 0) is 75.3 Å². The molecule has 0 aliphatic carbocycles. The Balaban J connectivity index is 1.88. The van der Waals surface area contributed by atoms with Crippen LogP contribution in [0.3, 0.4) is 0 Å². The molecule has 0 heterocycles. The number of unbranched alkanes of at least 4 members (excludes halogenated alkanes) is 3. The molecule has 0 radical (unpaired) electrons. The lowest BCUT2D eigenvalue weighted by molar-refractivity contribution is 0.0846. The average Bonchev–Trinajstić information content (AvgIpc) is 2.67. The molecular weight excluding hydrogens is 523 g/mol. The summed E-state index contributed by atoms with van der Waals surface area (Å²) in [7, 11) is 0. The van der Waals surface area contributed by atoms with Crippen molar-refractivity contribution in [1.29, 1.82) is 0 Å². The smallest absolute Gasteiger partial charge is 0.270 e. The predicted octanol–water partition coefficient (Wildman–Crippen LogP) is 5.09. The van der Waals surface area contributed by atoms with E-state index in [2.05, 4.69) is 56.3 Å². The van der Waals surface area contributed by atoms with Crippen LogP contribution in [-0.4, -0.2) is 18.4 Å². The molecule has 2 amide bonds. The van der Waals surface area contributed by atoms with Gasteiger partial charge in [-0.15, -0.1) is 0 Å². The van der Waals surface area contributed by atoms with E-state index in [0.29, 0.717) is 28.0 Å². The van der Waals surface area contributed by atoms with Gasteiger partial charge < -0.3 is 4.74 Å². The highest BCUT2D eigenvalue weighted by Crippen LogP contribution is 2.26. The lowest BCUT2D eigenvalue weighted by atomic mass is 10.2. The first-order chi connectivity index (χ1) is 13.0. The molecular formula is C20H22BrIN2O3. The molecule has 0 saturated carbocycles. The van der Waals surface area contributed by atoms with E-state index >= 15 is 0 Å². The maximum atomic E-state index is 12.3. The van der Waals surface area contributed by atoms with Crippen LogP contribution in [0, 0.1) is 3.57 Å². The van der Waals surface area contributed by atoms with Crippen molar-refractivity contribution in [3.05, 3.63) is 61.6 Å². The predicted molar refractivity (Wildman–Crippen MR) is 118 cm³/mol. The van der Waals surface area contributed by atoms with Gasteiger partial charge in [0, 0.05) is 9.13 Å². The maximum absolute atomic E-state index is 12.3. The number of hydrazine groups is 1. The van der Waals surface area contributed by atoms with Crippen molar-refractivity contribution < 1.29 is 14.3 Å². The molecule has 0 aliphatic rings. The van der Waals surface area contributed by atoms with Crippen molar-refractivity contribution in [3.63, 3.8) is 0 Å². The van der Waals surface area contributed by atoms with Crippen LogP contribution in [0.15, 0.2) is 46.9 Å². The van der Waals surface area contributed by atoms with E-state index in [9.17, 15) is 9.59 Å². The number of hydrogen-bond acceptors (Lipinski definition) is 3. The number of amides is 2. The normalized spacial score (nSPS) is 10.3. The summed E-state index contributed by atoms with van der Waals surface area (Å²) in [4.78, 5) is 24.4. The summed E-state index contributed by atoms with van der Waals surface area (Å²) in [6.07, 6.45) is 4.55. The minimum atomic E-state index is -0.399. The average molecular weight is 545 g/mol. The zero-order chi connectivity index (χ0) is 19.6. The second-order valence-corrected chi connectivity index (χ2v) is 7.96. The van der Waals surface area contributed by atoms with Crippen molar-refractivity contribution in [2.24, 2.45) is 0 Å². The second-order valence-electron chi connectivity index (χ2n) is 5.94. The molecule has 0 spiro atoms. The Bertz CT molecular complexity index is 799. The van der Waals surface area contributed by atoms with Gasteiger partial charge in [-0.2, -0.15) is 0 Å². The minimum Gasteiger partial charge on any atom is -0.492 e. The van der Waals surface area contributed by atoms with Crippen molar-refractivity contribution in [2.45, 2.75) is 32.6 Å². The summed E-state index contributed by atoms with van der Waals surface area (Å²) in [6, 6.07) is 12.2. The van der Waals surface area contributed by atoms with Gasteiger partial charge in [0.15, 0.2) is 0 Å². The maximum Gasteiger partial charge on any atom is 0.270 e. The summed E-state index contributed by atoms with van der Waals surface area (Å²) in [5.41, 5.74) is 5.80. The number of ether oxygens (including phenoxy) is 1. The Hall–Kier alpha value is -1.61. The van der Waals surface area contributed by atoms with Gasteiger partial charge in [0.25, 0.3) is 11.8 Å². The number of nitrogens with one attached hydrogen (secondary N) is 2. The molecule has 0 fully saturated rings. The van der Waals surface area contributed by atoms with Crippen LogP contribution in [0.1, 0.15) is 53.3 Å². The van der Waals surface area contributed by atoms with Crippen LogP contribution in [0.2, 0.25) is 0 Å². The molecule has 2 N–H and O–H groups in total. The van der Waals surface area contributed by atoms with Crippen LogP contribution < -0.4 is 15.6 Å². The molecule has 0 saturated heterocycles. The minimum absolute atomic E-state index is 0.362. The zero-order valence-corrected chi connectivity index (χ0v) is 18.8. The van der Waals surface area contributed by atoms with Gasteiger partial charge in [0.05, 0.1) is 16.6 Å². The van der Waals surface area contributed by atoms with E-state index in [1.807, 2.05) is 12.1 Å². The van der Waals surface area contributed by atoms with E-state index < -0.39 is 5.91 Å². The van der Waals surface area contributed by atoms with Crippen LogP contribution in [0.5, 0.6) is 5.75 Å². The first-order valence-corrected chi connectivity index (χ1v) is 10.7. The summed E-state index contributed by atoms with van der Waals surface area (Å²) in [5.74, 6) is -0.0603. The van der Waals surface area contributed by atoms with Gasteiger partial charge in [-0.1, -0.05) is 38.3 Å². The van der Waals surface area contributed by atoms with Gasteiger partial charge in [-0.3, -0.25) is 20.4 Å². The Labute approximate surface area is 181 Å². The third-order valence-electron chi connectivity index (χ3n) is 3.86. The lowest BCUT2D eigenvalue weighted by Crippen LogP contribution is -2.41. The fraction of sp³-hybridized carbons (Fsp3) is 0.300. The monoisotopic (exact) mass is 544 g/mol. The van der Waals surface area contributed by atoms with Crippen molar-refractivity contribution in [1.82, 2.24) is 10.9 Å². The number of hydrogen-bond donors (Lipinski definition) is 2. The standard InChI is InChI=1S/C20H22BrIN2O3/c1-2-3-4-7-12-27-18-11-10-14(13-16(18)21)19(25)23-24-20(26)15-8-5-6-9-17(15)22/h5-6,8-11,13H,2-4,7,12H2,1H3,(H,23,25)(H,24,26). The SMILES string of the molecule is CCCCCCOc1ccc(C(=O)NNC(=O)c2ccccc2I)cc1Br. The Morgan fingerprint density at radius 2 is 1.78 bits per heavy atom. The van der Waals surface area contributed by atoms with Crippen LogP contribution in [0.4, 0.5) is 0 Å². The topological polar surface area (TPSA) is 67.4 Å². The third-order valence-corrected chi connectivity index (χ3v) is 5.42. The molecule has 0 aliphatic heterocycles. The molecule has 144 valence electrons.